The van der Waals surface area contributed by atoms with E-state index in [1.807, 2.05) is 7.11 Å². The first-order chi connectivity index (χ1) is 9.22. The Kier molecular flexibility index (Phi) is 5.54. The molecule has 0 aliphatic carbocycles. The highest BCUT2D eigenvalue weighted by Gasteiger charge is 2.26. The van der Waals surface area contributed by atoms with Gasteiger partial charge in [0.25, 0.3) is 0 Å². The van der Waals surface area contributed by atoms with Crippen LogP contribution in [-0.2, 0) is 11.3 Å². The Hall–Kier alpha value is -0.720. The Balaban J connectivity index is 1.85. The lowest BCUT2D eigenvalue weighted by Gasteiger charge is -2.35. The van der Waals surface area contributed by atoms with Crippen LogP contribution in [0.25, 0.3) is 0 Å². The molecular weight excluding hydrogens is 260 g/mol. The van der Waals surface area contributed by atoms with Gasteiger partial charge in [-0.2, -0.15) is 0 Å². The van der Waals surface area contributed by atoms with E-state index >= 15 is 0 Å². The number of ether oxygens (including phenoxy) is 1. The Bertz CT molecular complexity index is 384. The SMILES string of the molecule is CCCNc1nnc(CN2CCC(C)C(OC)C2)s1. The third-order valence-electron chi connectivity index (χ3n) is 3.63. The zero-order valence-corrected chi connectivity index (χ0v) is 12.9. The highest BCUT2D eigenvalue weighted by Crippen LogP contribution is 2.23. The number of hydrogen-bond acceptors (Lipinski definition) is 6. The van der Waals surface area contributed by atoms with Gasteiger partial charge in [-0.3, -0.25) is 4.90 Å². The number of piperidine rings is 1. The van der Waals surface area contributed by atoms with Crippen LogP contribution in [-0.4, -0.2) is 47.9 Å². The Morgan fingerprint density at radius 1 is 1.47 bits per heavy atom. The number of anilines is 1. The Morgan fingerprint density at radius 3 is 3.05 bits per heavy atom. The van der Waals surface area contributed by atoms with Crippen molar-refractivity contribution < 1.29 is 4.74 Å². The predicted molar refractivity (Wildman–Crippen MR) is 78.5 cm³/mol. The quantitative estimate of drug-likeness (QED) is 0.868. The fourth-order valence-corrected chi connectivity index (χ4v) is 3.17. The topological polar surface area (TPSA) is 50.3 Å². The number of likely N-dealkylation sites (tertiary alicyclic amines) is 1. The van der Waals surface area contributed by atoms with E-state index in [4.69, 9.17) is 4.74 Å². The second-order valence-electron chi connectivity index (χ2n) is 5.20. The van der Waals surface area contributed by atoms with Crippen LogP contribution in [0.15, 0.2) is 0 Å². The van der Waals surface area contributed by atoms with Gasteiger partial charge in [0.05, 0.1) is 12.6 Å². The van der Waals surface area contributed by atoms with Crippen molar-refractivity contribution in [3.8, 4) is 0 Å². The molecule has 0 aromatic carbocycles. The van der Waals surface area contributed by atoms with Crippen LogP contribution in [0.5, 0.6) is 0 Å². The summed E-state index contributed by atoms with van der Waals surface area (Å²) in [5.41, 5.74) is 0. The standard InChI is InChI=1S/C13H24N4OS/c1-4-6-14-13-16-15-12(19-13)9-17-7-5-10(2)11(8-17)18-3/h10-11H,4-9H2,1-3H3,(H,14,16). The lowest BCUT2D eigenvalue weighted by atomic mass is 9.96. The maximum absolute atomic E-state index is 5.54. The smallest absolute Gasteiger partial charge is 0.205 e. The fourth-order valence-electron chi connectivity index (χ4n) is 2.36. The van der Waals surface area contributed by atoms with E-state index in [1.54, 1.807) is 11.3 Å². The molecular formula is C13H24N4OS. The first kappa shape index (κ1) is 14.7. The second kappa shape index (κ2) is 7.17. The minimum absolute atomic E-state index is 0.347. The Morgan fingerprint density at radius 2 is 2.32 bits per heavy atom. The van der Waals surface area contributed by atoms with E-state index in [9.17, 15) is 0 Å². The summed E-state index contributed by atoms with van der Waals surface area (Å²) < 4.78 is 5.54. The van der Waals surface area contributed by atoms with E-state index < -0.39 is 0 Å². The molecule has 2 atom stereocenters. The van der Waals surface area contributed by atoms with Crippen LogP contribution >= 0.6 is 11.3 Å². The summed E-state index contributed by atoms with van der Waals surface area (Å²) in [7, 11) is 1.81. The molecule has 0 amide bonds. The van der Waals surface area contributed by atoms with Gasteiger partial charge in [-0.25, -0.2) is 0 Å². The third kappa shape index (κ3) is 4.12. The average Bonchev–Trinajstić information content (AvgIpc) is 2.86. The van der Waals surface area contributed by atoms with E-state index in [1.165, 1.54) is 6.42 Å². The predicted octanol–water partition coefficient (Wildman–Crippen LogP) is 2.22. The molecule has 0 bridgehead atoms. The molecule has 0 saturated carbocycles. The van der Waals surface area contributed by atoms with Gasteiger partial charge in [0.15, 0.2) is 0 Å². The first-order valence-electron chi connectivity index (χ1n) is 7.04. The molecule has 1 aliphatic heterocycles. The molecule has 108 valence electrons. The van der Waals surface area contributed by atoms with Gasteiger partial charge in [-0.15, -0.1) is 10.2 Å². The first-order valence-corrected chi connectivity index (χ1v) is 7.86. The van der Waals surface area contributed by atoms with Gasteiger partial charge >= 0.3 is 0 Å². The number of rotatable bonds is 6. The van der Waals surface area contributed by atoms with Crippen molar-refractivity contribution in [2.45, 2.75) is 39.3 Å². The summed E-state index contributed by atoms with van der Waals surface area (Å²) in [4.78, 5) is 2.41. The van der Waals surface area contributed by atoms with E-state index in [0.717, 1.165) is 42.7 Å². The number of aromatic nitrogens is 2. The number of hydrogen-bond donors (Lipinski definition) is 1. The van der Waals surface area contributed by atoms with Crippen LogP contribution in [0.2, 0.25) is 0 Å². The minimum atomic E-state index is 0.347. The second-order valence-corrected chi connectivity index (χ2v) is 6.27. The molecule has 1 saturated heterocycles. The van der Waals surface area contributed by atoms with Crippen molar-refractivity contribution in [3.05, 3.63) is 5.01 Å². The molecule has 19 heavy (non-hydrogen) atoms. The zero-order chi connectivity index (χ0) is 13.7. The zero-order valence-electron chi connectivity index (χ0n) is 12.1. The Labute approximate surface area is 119 Å². The molecule has 1 N–H and O–H groups in total. The molecule has 0 spiro atoms. The number of nitrogens with one attached hydrogen (secondary N) is 1. The van der Waals surface area contributed by atoms with Gasteiger partial charge in [0.2, 0.25) is 5.13 Å². The van der Waals surface area contributed by atoms with Crippen molar-refractivity contribution in [2.24, 2.45) is 5.92 Å². The monoisotopic (exact) mass is 284 g/mol. The molecule has 1 aliphatic rings. The summed E-state index contributed by atoms with van der Waals surface area (Å²) >= 11 is 1.66. The molecule has 0 radical (unpaired) electrons. The third-order valence-corrected chi connectivity index (χ3v) is 4.49. The molecule has 6 heteroatoms. The van der Waals surface area contributed by atoms with Crippen LogP contribution in [0, 0.1) is 5.92 Å². The van der Waals surface area contributed by atoms with Crippen molar-refractivity contribution in [1.29, 1.82) is 0 Å². The van der Waals surface area contributed by atoms with E-state index in [2.05, 4.69) is 34.3 Å². The number of methoxy groups -OCH3 is 1. The molecule has 1 aromatic rings. The lowest BCUT2D eigenvalue weighted by molar-refractivity contribution is -0.00751. The maximum Gasteiger partial charge on any atom is 0.205 e. The van der Waals surface area contributed by atoms with Crippen LogP contribution < -0.4 is 5.32 Å². The lowest BCUT2D eigenvalue weighted by Crippen LogP contribution is -2.43. The van der Waals surface area contributed by atoms with Crippen molar-refractivity contribution in [3.63, 3.8) is 0 Å². The van der Waals surface area contributed by atoms with Gasteiger partial charge in [-0.05, 0) is 25.3 Å². The summed E-state index contributed by atoms with van der Waals surface area (Å²) in [5.74, 6) is 0.650. The molecule has 2 heterocycles. The molecule has 2 rings (SSSR count). The van der Waals surface area contributed by atoms with Crippen molar-refractivity contribution in [2.75, 3.05) is 32.1 Å². The van der Waals surface area contributed by atoms with Crippen LogP contribution in [0.4, 0.5) is 5.13 Å². The van der Waals surface area contributed by atoms with Gasteiger partial charge in [0.1, 0.15) is 5.01 Å². The molecule has 2 unspecified atom stereocenters. The van der Waals surface area contributed by atoms with E-state index in [-0.39, 0.29) is 0 Å². The summed E-state index contributed by atoms with van der Waals surface area (Å²) in [6.07, 6.45) is 2.64. The van der Waals surface area contributed by atoms with Gasteiger partial charge < -0.3 is 10.1 Å². The van der Waals surface area contributed by atoms with Gasteiger partial charge in [0, 0.05) is 20.2 Å². The average molecular weight is 284 g/mol. The van der Waals surface area contributed by atoms with Crippen molar-refractivity contribution in [1.82, 2.24) is 15.1 Å². The molecule has 1 aromatic heterocycles. The largest absolute Gasteiger partial charge is 0.380 e. The van der Waals surface area contributed by atoms with Crippen molar-refractivity contribution >= 4 is 16.5 Å². The summed E-state index contributed by atoms with van der Waals surface area (Å²) in [5, 5.41) is 13.7. The van der Waals surface area contributed by atoms with Crippen LogP contribution in [0.3, 0.4) is 0 Å². The van der Waals surface area contributed by atoms with Crippen LogP contribution in [0.1, 0.15) is 31.7 Å². The minimum Gasteiger partial charge on any atom is -0.380 e. The fraction of sp³-hybridized carbons (Fsp3) is 0.846. The summed E-state index contributed by atoms with van der Waals surface area (Å²) in [6, 6.07) is 0. The molecule has 5 nitrogen and oxygen atoms in total. The highest BCUT2D eigenvalue weighted by atomic mass is 32.1. The summed E-state index contributed by atoms with van der Waals surface area (Å²) in [6.45, 7) is 8.38. The maximum atomic E-state index is 5.54. The highest BCUT2D eigenvalue weighted by molar-refractivity contribution is 7.15. The molecule has 1 fully saturated rings. The number of nitrogens with zero attached hydrogens (tertiary/aromatic N) is 3. The van der Waals surface area contributed by atoms with Gasteiger partial charge in [-0.1, -0.05) is 25.2 Å². The van der Waals surface area contributed by atoms with E-state index in [0.29, 0.717) is 12.0 Å². The normalized spacial score (nSPS) is 24.6.